The average Bonchev–Trinajstić information content (AvgIpc) is 3.23. The zero-order valence-corrected chi connectivity index (χ0v) is 31.2. The topological polar surface area (TPSA) is 67.4 Å². The van der Waals surface area contributed by atoms with Crippen LogP contribution in [0.3, 0.4) is 0 Å². The zero-order chi connectivity index (χ0) is 36.6. The van der Waals surface area contributed by atoms with E-state index in [0.717, 1.165) is 0 Å². The molecule has 0 aliphatic rings. The van der Waals surface area contributed by atoms with E-state index in [9.17, 15) is 9.59 Å². The van der Waals surface area contributed by atoms with Gasteiger partial charge < -0.3 is 15.4 Å². The molecule has 0 unspecified atom stereocenters. The highest BCUT2D eigenvalue weighted by Crippen LogP contribution is 2.49. The summed E-state index contributed by atoms with van der Waals surface area (Å²) < 4.78 is 4.62. The van der Waals surface area contributed by atoms with Gasteiger partial charge >= 0.3 is 0 Å². The van der Waals surface area contributed by atoms with Crippen LogP contribution in [0.2, 0.25) is 0 Å². The van der Waals surface area contributed by atoms with E-state index in [4.69, 9.17) is 4.74 Å². The van der Waals surface area contributed by atoms with Crippen molar-refractivity contribution in [3.8, 4) is 0 Å². The van der Waals surface area contributed by atoms with Crippen LogP contribution in [0.25, 0.3) is 0 Å². The molecular formula is C46H44N2O3S2. The quantitative estimate of drug-likeness (QED) is 0.0683. The predicted molar refractivity (Wildman–Crippen MR) is 220 cm³/mol. The lowest BCUT2D eigenvalue weighted by Gasteiger charge is -2.35. The molecule has 2 amide bonds. The standard InChI is InChI=1S/C46H44N2O3S2/c49-43(47-31-33-52-45(37-19-7-1-8-20-37,38-21-9-2-10-22-38)39-23-11-3-12-24-39)35-51-36-44(50)48-32-34-53-46(40-25-13-4-14-26-40,41-27-15-5-16-28-41)42-29-17-6-18-30-42/h1-30H,31-36H2,(H,47,49)(H,48,50). The van der Waals surface area contributed by atoms with Crippen molar-refractivity contribution in [2.24, 2.45) is 0 Å². The summed E-state index contributed by atoms with van der Waals surface area (Å²) >= 11 is 3.57. The number of amides is 2. The van der Waals surface area contributed by atoms with Crippen LogP contribution in [0.1, 0.15) is 33.4 Å². The third-order valence-electron chi connectivity index (χ3n) is 9.03. The first-order valence-electron chi connectivity index (χ1n) is 17.8. The van der Waals surface area contributed by atoms with Crippen LogP contribution in [0.4, 0.5) is 0 Å². The summed E-state index contributed by atoms with van der Waals surface area (Å²) in [4.78, 5) is 25.5. The monoisotopic (exact) mass is 736 g/mol. The first kappa shape index (κ1) is 37.7. The van der Waals surface area contributed by atoms with Gasteiger partial charge in [-0.1, -0.05) is 182 Å². The molecule has 0 saturated heterocycles. The maximum Gasteiger partial charge on any atom is 0.246 e. The number of nitrogens with one attached hydrogen (secondary N) is 2. The Kier molecular flexibility index (Phi) is 13.6. The van der Waals surface area contributed by atoms with Gasteiger partial charge in [-0.05, 0) is 33.4 Å². The Balaban J connectivity index is 0.998. The maximum absolute atomic E-state index is 12.8. The van der Waals surface area contributed by atoms with Crippen molar-refractivity contribution in [1.29, 1.82) is 0 Å². The molecule has 7 heteroatoms. The van der Waals surface area contributed by atoms with E-state index in [0.29, 0.717) is 24.6 Å². The smallest absolute Gasteiger partial charge is 0.246 e. The van der Waals surface area contributed by atoms with Gasteiger partial charge in [-0.3, -0.25) is 9.59 Å². The van der Waals surface area contributed by atoms with Gasteiger partial charge in [0.2, 0.25) is 11.8 Å². The first-order valence-corrected chi connectivity index (χ1v) is 19.8. The van der Waals surface area contributed by atoms with Crippen molar-refractivity contribution in [2.45, 2.75) is 9.49 Å². The summed E-state index contributed by atoms with van der Waals surface area (Å²) in [6, 6.07) is 62.9. The van der Waals surface area contributed by atoms with Crippen LogP contribution in [0.5, 0.6) is 0 Å². The molecule has 0 fully saturated rings. The van der Waals surface area contributed by atoms with E-state index in [1.54, 1.807) is 23.5 Å². The third kappa shape index (κ3) is 9.30. The predicted octanol–water partition coefficient (Wildman–Crippen LogP) is 8.69. The summed E-state index contributed by atoms with van der Waals surface area (Å²) in [6.45, 7) is 0.535. The van der Waals surface area contributed by atoms with Crippen molar-refractivity contribution in [2.75, 3.05) is 37.8 Å². The molecule has 0 saturated carbocycles. The van der Waals surface area contributed by atoms with Gasteiger partial charge in [-0.25, -0.2) is 0 Å². The molecule has 6 rings (SSSR count). The molecule has 268 valence electrons. The summed E-state index contributed by atoms with van der Waals surface area (Å²) in [5, 5.41) is 5.96. The number of benzene rings is 6. The second kappa shape index (κ2) is 19.1. The van der Waals surface area contributed by atoms with Gasteiger partial charge in [0.25, 0.3) is 0 Å². The number of hydrogen-bond acceptors (Lipinski definition) is 5. The van der Waals surface area contributed by atoms with Gasteiger partial charge in [0.15, 0.2) is 0 Å². The van der Waals surface area contributed by atoms with Crippen molar-refractivity contribution < 1.29 is 14.3 Å². The third-order valence-corrected chi connectivity index (χ3v) is 12.1. The van der Waals surface area contributed by atoms with Crippen LogP contribution in [-0.4, -0.2) is 49.6 Å². The molecule has 5 nitrogen and oxygen atoms in total. The minimum Gasteiger partial charge on any atom is -0.362 e. The number of ether oxygens (including phenoxy) is 1. The second-order valence-corrected chi connectivity index (χ2v) is 15.1. The summed E-state index contributed by atoms with van der Waals surface area (Å²) in [5.41, 5.74) is 7.04. The van der Waals surface area contributed by atoms with E-state index in [1.165, 1.54) is 33.4 Å². The van der Waals surface area contributed by atoms with Crippen molar-refractivity contribution in [3.63, 3.8) is 0 Å². The van der Waals surface area contributed by atoms with E-state index in [-0.39, 0.29) is 25.0 Å². The maximum atomic E-state index is 12.8. The van der Waals surface area contributed by atoms with Crippen molar-refractivity contribution in [3.05, 3.63) is 215 Å². The lowest BCUT2D eigenvalue weighted by molar-refractivity contribution is -0.130. The van der Waals surface area contributed by atoms with Gasteiger partial charge in [-0.15, -0.1) is 23.5 Å². The molecule has 0 heterocycles. The van der Waals surface area contributed by atoms with Gasteiger partial charge in [-0.2, -0.15) is 0 Å². The molecule has 0 spiro atoms. The Morgan fingerprint density at radius 2 is 0.623 bits per heavy atom. The number of rotatable bonds is 18. The molecule has 0 atom stereocenters. The Hall–Kier alpha value is -5.08. The highest BCUT2D eigenvalue weighted by atomic mass is 32.2. The zero-order valence-electron chi connectivity index (χ0n) is 29.6. The normalized spacial score (nSPS) is 11.5. The number of carbonyl (C=O) groups excluding carboxylic acids is 2. The van der Waals surface area contributed by atoms with Crippen LogP contribution >= 0.6 is 23.5 Å². The van der Waals surface area contributed by atoms with Crippen molar-refractivity contribution >= 4 is 35.3 Å². The van der Waals surface area contributed by atoms with Crippen molar-refractivity contribution in [1.82, 2.24) is 10.6 Å². The highest BCUT2D eigenvalue weighted by molar-refractivity contribution is 8.00. The molecule has 6 aromatic carbocycles. The fraction of sp³-hybridized carbons (Fsp3) is 0.174. The van der Waals surface area contributed by atoms with E-state index < -0.39 is 9.49 Å². The SMILES string of the molecule is O=C(COCC(=O)NCCSC(c1ccccc1)(c1ccccc1)c1ccccc1)NCCSC(c1ccccc1)(c1ccccc1)c1ccccc1. The molecule has 0 aliphatic heterocycles. The molecule has 0 aliphatic carbocycles. The molecule has 0 bridgehead atoms. The number of thioether (sulfide) groups is 2. The molecule has 0 aromatic heterocycles. The van der Waals surface area contributed by atoms with Crippen LogP contribution in [0, 0.1) is 0 Å². The molecule has 53 heavy (non-hydrogen) atoms. The first-order chi connectivity index (χ1) is 26.1. The minimum absolute atomic E-state index is 0.187. The number of hydrogen-bond donors (Lipinski definition) is 2. The van der Waals surface area contributed by atoms with E-state index in [1.807, 2.05) is 36.4 Å². The molecule has 0 radical (unpaired) electrons. The van der Waals surface area contributed by atoms with Gasteiger partial charge in [0.05, 0.1) is 9.49 Å². The van der Waals surface area contributed by atoms with Crippen LogP contribution in [-0.2, 0) is 23.8 Å². The lowest BCUT2D eigenvalue weighted by atomic mass is 9.84. The lowest BCUT2D eigenvalue weighted by Crippen LogP contribution is -2.35. The Bertz CT molecular complexity index is 1640. The fourth-order valence-corrected chi connectivity index (χ4v) is 9.50. The van der Waals surface area contributed by atoms with Gasteiger partial charge in [0.1, 0.15) is 13.2 Å². The summed E-state index contributed by atoms with van der Waals surface area (Å²) in [6.07, 6.45) is 0. The molecule has 2 N–H and O–H groups in total. The number of carbonyl (C=O) groups is 2. The minimum atomic E-state index is -0.454. The molecule has 6 aromatic rings. The van der Waals surface area contributed by atoms with Crippen LogP contribution in [0.15, 0.2) is 182 Å². The van der Waals surface area contributed by atoms with Crippen LogP contribution < -0.4 is 10.6 Å². The second-order valence-electron chi connectivity index (χ2n) is 12.4. The Labute approximate surface area is 321 Å². The highest BCUT2D eigenvalue weighted by Gasteiger charge is 2.38. The fourth-order valence-electron chi connectivity index (χ4n) is 6.66. The average molecular weight is 737 g/mol. The Morgan fingerprint density at radius 1 is 0.396 bits per heavy atom. The summed E-state index contributed by atoms with van der Waals surface area (Å²) in [5.74, 6) is 0.826. The largest absolute Gasteiger partial charge is 0.362 e. The Morgan fingerprint density at radius 3 is 0.849 bits per heavy atom. The van der Waals surface area contributed by atoms with Gasteiger partial charge in [0, 0.05) is 24.6 Å². The van der Waals surface area contributed by atoms with E-state index in [2.05, 4.69) is 156 Å². The summed E-state index contributed by atoms with van der Waals surface area (Å²) in [7, 11) is 0. The molecular weight excluding hydrogens is 693 g/mol. The van der Waals surface area contributed by atoms with E-state index >= 15 is 0 Å².